The molecule has 0 aliphatic rings. The Labute approximate surface area is 484 Å². The summed E-state index contributed by atoms with van der Waals surface area (Å²) in [5.41, 5.74) is 0. The molecule has 450 valence electrons. The van der Waals surface area contributed by atoms with Gasteiger partial charge < -0.3 is 14.2 Å². The molecular weight excluding hydrogens is 961 g/mol. The van der Waals surface area contributed by atoms with Gasteiger partial charge in [0.25, 0.3) is 0 Å². The van der Waals surface area contributed by atoms with Gasteiger partial charge in [0.1, 0.15) is 13.2 Å². The van der Waals surface area contributed by atoms with Crippen molar-refractivity contribution in [3.05, 3.63) is 85.1 Å². The van der Waals surface area contributed by atoms with Gasteiger partial charge in [0, 0.05) is 19.3 Å². The van der Waals surface area contributed by atoms with E-state index >= 15 is 0 Å². The summed E-state index contributed by atoms with van der Waals surface area (Å²) >= 11 is 0. The highest BCUT2D eigenvalue weighted by molar-refractivity contribution is 5.71. The summed E-state index contributed by atoms with van der Waals surface area (Å²) in [4.78, 5) is 38.4. The molecule has 0 aliphatic heterocycles. The SMILES string of the molecule is CC/C=C\C/C=C\C/C=C\C/C=C\C/C=C\C/C=C\C/C=C\CCCCCC(=O)OCC(COC(=O)CCCCCCCCCCCCCCC)OC(=O)CCCCCCCCCCCCCCCCCCCCCCCC. The maximum Gasteiger partial charge on any atom is 0.306 e. The van der Waals surface area contributed by atoms with E-state index in [2.05, 4.69) is 106 Å². The van der Waals surface area contributed by atoms with Gasteiger partial charge in [-0.15, -0.1) is 0 Å². The minimum atomic E-state index is -0.789. The van der Waals surface area contributed by atoms with Crippen molar-refractivity contribution in [1.29, 1.82) is 0 Å². The number of rotatable bonds is 61. The van der Waals surface area contributed by atoms with Crippen molar-refractivity contribution < 1.29 is 28.6 Å². The maximum atomic E-state index is 12.9. The van der Waals surface area contributed by atoms with Crippen LogP contribution in [-0.2, 0) is 28.6 Å². The summed E-state index contributed by atoms with van der Waals surface area (Å²) in [5, 5.41) is 0. The molecule has 0 N–H and O–H groups in total. The number of carbonyl (C=O) groups is 3. The highest BCUT2D eigenvalue weighted by atomic mass is 16.6. The summed E-state index contributed by atoms with van der Waals surface area (Å²) in [6.45, 7) is 6.55. The van der Waals surface area contributed by atoms with Crippen molar-refractivity contribution >= 4 is 17.9 Å². The molecule has 6 heteroatoms. The molecule has 0 amide bonds. The molecule has 0 spiro atoms. The van der Waals surface area contributed by atoms with Crippen LogP contribution in [0, 0.1) is 0 Å². The smallest absolute Gasteiger partial charge is 0.306 e. The van der Waals surface area contributed by atoms with E-state index in [9.17, 15) is 14.4 Å². The number of allylic oxidation sites excluding steroid dienone is 14. The first-order valence-electron chi connectivity index (χ1n) is 33.6. The minimum Gasteiger partial charge on any atom is -0.462 e. The lowest BCUT2D eigenvalue weighted by atomic mass is 10.0. The molecule has 0 heterocycles. The molecule has 0 aromatic carbocycles. The normalized spacial score (nSPS) is 12.6. The van der Waals surface area contributed by atoms with Crippen LogP contribution in [0.1, 0.15) is 335 Å². The van der Waals surface area contributed by atoms with E-state index < -0.39 is 6.10 Å². The molecule has 0 aromatic rings. The molecule has 0 saturated heterocycles. The summed E-state index contributed by atoms with van der Waals surface area (Å²) in [7, 11) is 0. The lowest BCUT2D eigenvalue weighted by Crippen LogP contribution is -2.30. The number of hydrogen-bond acceptors (Lipinski definition) is 6. The van der Waals surface area contributed by atoms with E-state index in [1.807, 2.05) is 0 Å². The van der Waals surface area contributed by atoms with Gasteiger partial charge in [-0.1, -0.05) is 324 Å². The van der Waals surface area contributed by atoms with Crippen LogP contribution in [0.3, 0.4) is 0 Å². The number of unbranched alkanes of at least 4 members (excludes halogenated alkanes) is 36. The van der Waals surface area contributed by atoms with Crippen LogP contribution < -0.4 is 0 Å². The predicted octanol–water partition coefficient (Wildman–Crippen LogP) is 23.1. The van der Waals surface area contributed by atoms with E-state index in [4.69, 9.17) is 14.2 Å². The van der Waals surface area contributed by atoms with Gasteiger partial charge >= 0.3 is 17.9 Å². The third-order valence-corrected chi connectivity index (χ3v) is 14.7. The fourth-order valence-electron chi connectivity index (χ4n) is 9.66. The molecule has 0 aliphatic carbocycles. The average molecular weight is 1090 g/mol. The average Bonchev–Trinajstić information content (AvgIpc) is 3.44. The Hall–Kier alpha value is -3.41. The quantitative estimate of drug-likeness (QED) is 0.0261. The summed E-state index contributed by atoms with van der Waals surface area (Å²) in [5.74, 6) is -0.899. The molecule has 78 heavy (non-hydrogen) atoms. The van der Waals surface area contributed by atoms with Crippen molar-refractivity contribution in [2.45, 2.75) is 341 Å². The highest BCUT2D eigenvalue weighted by Crippen LogP contribution is 2.17. The van der Waals surface area contributed by atoms with E-state index in [1.54, 1.807) is 0 Å². The lowest BCUT2D eigenvalue weighted by Gasteiger charge is -2.18. The largest absolute Gasteiger partial charge is 0.462 e. The van der Waals surface area contributed by atoms with Crippen molar-refractivity contribution in [2.75, 3.05) is 13.2 Å². The third-order valence-electron chi connectivity index (χ3n) is 14.7. The highest BCUT2D eigenvalue weighted by Gasteiger charge is 2.19. The van der Waals surface area contributed by atoms with Crippen molar-refractivity contribution in [3.8, 4) is 0 Å². The van der Waals surface area contributed by atoms with Crippen LogP contribution in [0.5, 0.6) is 0 Å². The van der Waals surface area contributed by atoms with Gasteiger partial charge in [-0.2, -0.15) is 0 Å². The van der Waals surface area contributed by atoms with Crippen molar-refractivity contribution in [3.63, 3.8) is 0 Å². The molecule has 0 bridgehead atoms. The molecular formula is C72H126O6. The maximum absolute atomic E-state index is 12.9. The van der Waals surface area contributed by atoms with Crippen molar-refractivity contribution in [2.24, 2.45) is 0 Å². The molecule has 0 saturated carbocycles. The number of carbonyl (C=O) groups excluding carboxylic acids is 3. The summed E-state index contributed by atoms with van der Waals surface area (Å²) in [6, 6.07) is 0. The Kier molecular flexibility index (Phi) is 63.2. The first-order valence-corrected chi connectivity index (χ1v) is 33.6. The van der Waals surface area contributed by atoms with Crippen LogP contribution in [0.2, 0.25) is 0 Å². The summed E-state index contributed by atoms with van der Waals surface area (Å²) < 4.78 is 16.9. The van der Waals surface area contributed by atoms with Crippen LogP contribution in [0.15, 0.2) is 85.1 Å². The van der Waals surface area contributed by atoms with Crippen LogP contribution in [0.4, 0.5) is 0 Å². The Morgan fingerprint density at radius 1 is 0.269 bits per heavy atom. The lowest BCUT2D eigenvalue weighted by molar-refractivity contribution is -0.167. The second-order valence-corrected chi connectivity index (χ2v) is 22.4. The first kappa shape index (κ1) is 74.6. The summed E-state index contributed by atoms with van der Waals surface area (Å²) in [6.07, 6.45) is 87.4. The number of ether oxygens (including phenoxy) is 3. The number of hydrogen-bond donors (Lipinski definition) is 0. The third kappa shape index (κ3) is 63.4. The monoisotopic (exact) mass is 1090 g/mol. The first-order chi connectivity index (χ1) is 38.5. The Bertz CT molecular complexity index is 1480. The zero-order valence-corrected chi connectivity index (χ0v) is 51.7. The van der Waals surface area contributed by atoms with E-state index in [-0.39, 0.29) is 31.1 Å². The van der Waals surface area contributed by atoms with Gasteiger partial charge in [0.2, 0.25) is 0 Å². The minimum absolute atomic E-state index is 0.0828. The second kappa shape index (κ2) is 66.1. The van der Waals surface area contributed by atoms with E-state index in [1.165, 1.54) is 186 Å². The molecule has 0 aromatic heterocycles. The van der Waals surface area contributed by atoms with Gasteiger partial charge in [-0.3, -0.25) is 14.4 Å². The van der Waals surface area contributed by atoms with Crippen LogP contribution in [0.25, 0.3) is 0 Å². The standard InChI is InChI=1S/C72H126O6/c1-4-7-10-13-16-19-22-25-27-29-31-33-35-36-37-39-40-42-44-47-50-53-56-59-62-65-71(74)77-68-69(67-76-70(73)64-61-58-55-52-49-46-24-21-18-15-12-9-6-3)78-72(75)66-63-60-57-54-51-48-45-43-41-38-34-32-30-28-26-23-20-17-14-11-8-5-2/h7,10,16,19,25,27,31,33,36-37,40,42,47,50,69H,4-6,8-9,11-15,17-18,20-24,26,28-30,32,34-35,38-39,41,43-46,48-49,51-68H2,1-3H3/b10-7-,19-16-,27-25-,33-31-,37-36-,42-40-,50-47-. The van der Waals surface area contributed by atoms with Gasteiger partial charge in [0.15, 0.2) is 6.10 Å². The van der Waals surface area contributed by atoms with Crippen LogP contribution in [-0.4, -0.2) is 37.2 Å². The molecule has 1 atom stereocenters. The zero-order chi connectivity index (χ0) is 56.4. The molecule has 0 radical (unpaired) electrons. The van der Waals surface area contributed by atoms with E-state index in [0.717, 1.165) is 109 Å². The van der Waals surface area contributed by atoms with Gasteiger partial charge in [-0.05, 0) is 77.0 Å². The Morgan fingerprint density at radius 3 is 0.782 bits per heavy atom. The van der Waals surface area contributed by atoms with Gasteiger partial charge in [0.05, 0.1) is 0 Å². The van der Waals surface area contributed by atoms with E-state index in [0.29, 0.717) is 19.3 Å². The zero-order valence-electron chi connectivity index (χ0n) is 51.7. The fraction of sp³-hybridized carbons (Fsp3) is 0.764. The fourth-order valence-corrected chi connectivity index (χ4v) is 9.66. The number of esters is 3. The second-order valence-electron chi connectivity index (χ2n) is 22.4. The Balaban J connectivity index is 4.36. The predicted molar refractivity (Wildman–Crippen MR) is 339 cm³/mol. The van der Waals surface area contributed by atoms with Crippen LogP contribution >= 0.6 is 0 Å². The topological polar surface area (TPSA) is 78.9 Å². The van der Waals surface area contributed by atoms with Gasteiger partial charge in [-0.25, -0.2) is 0 Å². The molecule has 1 unspecified atom stereocenters. The van der Waals surface area contributed by atoms with Crippen molar-refractivity contribution in [1.82, 2.24) is 0 Å². The molecule has 6 nitrogen and oxygen atoms in total. The molecule has 0 fully saturated rings. The Morgan fingerprint density at radius 2 is 0.500 bits per heavy atom. The molecule has 0 rings (SSSR count).